The first-order chi connectivity index (χ1) is 16.5. The number of aryl methyl sites for hydroxylation is 1. The van der Waals surface area contributed by atoms with Crippen molar-refractivity contribution in [1.29, 1.82) is 0 Å². The lowest BCUT2D eigenvalue weighted by Crippen LogP contribution is -2.55. The number of alkyl halides is 3. The Morgan fingerprint density at radius 1 is 1.14 bits per heavy atom. The van der Waals surface area contributed by atoms with E-state index in [0.717, 1.165) is 27.6 Å². The summed E-state index contributed by atoms with van der Waals surface area (Å²) in [6, 6.07) is 9.62. The highest BCUT2D eigenvalue weighted by molar-refractivity contribution is 7.98. The minimum atomic E-state index is -4.40. The van der Waals surface area contributed by atoms with Gasteiger partial charge in [0.05, 0.1) is 17.9 Å². The lowest BCUT2D eigenvalue weighted by atomic mass is 10.1. The number of hydrogen-bond acceptors (Lipinski definition) is 8. The SMILES string of the molecule is CCOC(=O)C1(C(=O)O)Oc2ccc(SCc3sc(-c4ccc(C(F)(F)F)cc4)nc3C)cc2O1. The van der Waals surface area contributed by atoms with Crippen LogP contribution in [0.25, 0.3) is 10.6 Å². The molecule has 0 bridgehead atoms. The Morgan fingerprint density at radius 2 is 1.83 bits per heavy atom. The van der Waals surface area contributed by atoms with Crippen molar-refractivity contribution >= 4 is 35.0 Å². The van der Waals surface area contributed by atoms with Gasteiger partial charge in [-0.2, -0.15) is 13.2 Å². The molecule has 0 fully saturated rings. The average Bonchev–Trinajstić information content (AvgIpc) is 3.38. The molecule has 1 aliphatic rings. The second kappa shape index (κ2) is 9.42. The summed E-state index contributed by atoms with van der Waals surface area (Å²) >= 11 is 2.79. The van der Waals surface area contributed by atoms with Crippen LogP contribution in [0.2, 0.25) is 0 Å². The van der Waals surface area contributed by atoms with Gasteiger partial charge in [-0.05, 0) is 44.2 Å². The highest BCUT2D eigenvalue weighted by atomic mass is 32.2. The van der Waals surface area contributed by atoms with E-state index in [1.807, 2.05) is 6.92 Å². The number of aromatic nitrogens is 1. The fourth-order valence-corrected chi connectivity index (χ4v) is 5.33. The molecule has 0 aliphatic carbocycles. The predicted molar refractivity (Wildman–Crippen MR) is 122 cm³/mol. The zero-order valence-electron chi connectivity index (χ0n) is 18.3. The highest BCUT2D eigenvalue weighted by Gasteiger charge is 2.58. The molecule has 1 aliphatic heterocycles. The van der Waals surface area contributed by atoms with Crippen molar-refractivity contribution in [2.75, 3.05) is 6.61 Å². The summed E-state index contributed by atoms with van der Waals surface area (Å²) in [6.07, 6.45) is -4.40. The van der Waals surface area contributed by atoms with Gasteiger partial charge >= 0.3 is 23.9 Å². The average molecular weight is 526 g/mol. The molecule has 1 N–H and O–H groups in total. The lowest BCUT2D eigenvalue weighted by Gasteiger charge is -2.19. The van der Waals surface area contributed by atoms with Crippen molar-refractivity contribution < 1.29 is 42.1 Å². The third-order valence-corrected chi connectivity index (χ3v) is 7.38. The molecule has 2 aromatic carbocycles. The van der Waals surface area contributed by atoms with E-state index in [-0.39, 0.29) is 18.1 Å². The summed E-state index contributed by atoms with van der Waals surface area (Å²) < 4.78 is 53.9. The number of benzene rings is 2. The van der Waals surface area contributed by atoms with Crippen LogP contribution >= 0.6 is 23.1 Å². The number of carbonyl (C=O) groups is 2. The summed E-state index contributed by atoms with van der Waals surface area (Å²) in [5.74, 6) is -4.68. The van der Waals surface area contributed by atoms with Crippen molar-refractivity contribution in [3.63, 3.8) is 0 Å². The highest BCUT2D eigenvalue weighted by Crippen LogP contribution is 2.43. The molecule has 1 atom stereocenters. The largest absolute Gasteiger partial charge is 0.475 e. The van der Waals surface area contributed by atoms with Crippen LogP contribution in [0.15, 0.2) is 47.4 Å². The number of esters is 1. The molecule has 12 heteroatoms. The number of carbonyl (C=O) groups excluding carboxylic acids is 1. The Bertz CT molecular complexity index is 1280. The maximum absolute atomic E-state index is 12.8. The first kappa shape index (κ1) is 24.9. The molecule has 7 nitrogen and oxygen atoms in total. The monoisotopic (exact) mass is 525 g/mol. The van der Waals surface area contributed by atoms with E-state index in [2.05, 4.69) is 4.98 Å². The zero-order chi connectivity index (χ0) is 25.4. The number of carboxylic acids is 1. The Labute approximate surface area is 205 Å². The normalized spacial score (nSPS) is 16.8. The van der Waals surface area contributed by atoms with Crippen molar-refractivity contribution in [2.45, 2.75) is 36.5 Å². The summed E-state index contributed by atoms with van der Waals surface area (Å²) in [4.78, 5) is 30.0. The number of thioether (sulfide) groups is 1. The van der Waals surface area contributed by atoms with E-state index >= 15 is 0 Å². The van der Waals surface area contributed by atoms with E-state index < -0.39 is 29.5 Å². The van der Waals surface area contributed by atoms with Crippen LogP contribution in [0.1, 0.15) is 23.1 Å². The van der Waals surface area contributed by atoms with Gasteiger partial charge in [0, 0.05) is 21.1 Å². The predicted octanol–water partition coefficient (Wildman–Crippen LogP) is 5.54. The van der Waals surface area contributed by atoms with Gasteiger partial charge in [-0.15, -0.1) is 23.1 Å². The number of aliphatic carboxylic acids is 1. The Kier molecular flexibility index (Phi) is 6.69. The maximum atomic E-state index is 12.8. The summed E-state index contributed by atoms with van der Waals surface area (Å²) in [5, 5.41) is 10.1. The summed E-state index contributed by atoms with van der Waals surface area (Å²) in [7, 11) is 0. The number of rotatable bonds is 7. The van der Waals surface area contributed by atoms with E-state index in [9.17, 15) is 27.9 Å². The number of halogens is 3. The van der Waals surface area contributed by atoms with Gasteiger partial charge < -0.3 is 19.3 Å². The number of nitrogens with zero attached hydrogens (tertiary/aromatic N) is 1. The quantitative estimate of drug-likeness (QED) is 0.244. The number of hydrogen-bond donors (Lipinski definition) is 1. The van der Waals surface area contributed by atoms with Gasteiger partial charge in [-0.1, -0.05) is 12.1 Å². The number of carboxylic acid groups (broad SMARTS) is 1. The third-order valence-electron chi connectivity index (χ3n) is 4.97. The minimum absolute atomic E-state index is 0.0410. The second-order valence-corrected chi connectivity index (χ2v) is 9.48. The standard InChI is InChI=1S/C23H18F3NO6S2/c1-3-31-21(30)22(20(28)29)32-16-9-8-15(10-17(16)33-22)34-11-18-12(2)27-19(35-18)13-4-6-14(7-5-13)23(24,25)26/h4-10H,3,11H2,1-2H3,(H,28,29). The van der Waals surface area contributed by atoms with Crippen molar-refractivity contribution in [1.82, 2.24) is 4.98 Å². The number of thiazole rings is 1. The Balaban J connectivity index is 1.47. The smallest absolute Gasteiger partial charge is 0.453 e. The first-order valence-electron chi connectivity index (χ1n) is 10.2. The molecule has 0 saturated heterocycles. The first-order valence-corrected chi connectivity index (χ1v) is 12.0. The molecular formula is C23H18F3NO6S2. The van der Waals surface area contributed by atoms with E-state index in [4.69, 9.17) is 14.2 Å². The van der Waals surface area contributed by atoms with Crippen LogP contribution in [0.5, 0.6) is 11.5 Å². The van der Waals surface area contributed by atoms with Crippen LogP contribution in [0.3, 0.4) is 0 Å². The Morgan fingerprint density at radius 3 is 2.46 bits per heavy atom. The number of fused-ring (bicyclic) bond motifs is 1. The van der Waals surface area contributed by atoms with Crippen LogP contribution in [-0.2, 0) is 26.3 Å². The molecule has 0 radical (unpaired) electrons. The second-order valence-electron chi connectivity index (χ2n) is 7.35. The fraction of sp³-hybridized carbons (Fsp3) is 0.261. The van der Waals surface area contributed by atoms with Crippen molar-refractivity contribution in [3.05, 3.63) is 58.6 Å². The Hall–Kier alpha value is -3.25. The molecule has 1 aromatic heterocycles. The maximum Gasteiger partial charge on any atom is 0.453 e. The van der Waals surface area contributed by atoms with Crippen LogP contribution in [0, 0.1) is 6.92 Å². The van der Waals surface area contributed by atoms with Crippen LogP contribution in [-0.4, -0.2) is 34.4 Å². The van der Waals surface area contributed by atoms with E-state index in [0.29, 0.717) is 16.3 Å². The van der Waals surface area contributed by atoms with Gasteiger partial charge in [0.15, 0.2) is 11.5 Å². The molecular weight excluding hydrogens is 507 g/mol. The molecule has 35 heavy (non-hydrogen) atoms. The fourth-order valence-electron chi connectivity index (χ4n) is 3.19. The third kappa shape index (κ3) is 4.94. The number of ether oxygens (including phenoxy) is 3. The van der Waals surface area contributed by atoms with E-state index in [1.54, 1.807) is 12.1 Å². The molecule has 1 unspecified atom stereocenters. The molecule has 0 amide bonds. The summed E-state index contributed by atoms with van der Waals surface area (Å²) in [6.45, 7) is 3.32. The van der Waals surface area contributed by atoms with Crippen molar-refractivity contribution in [3.8, 4) is 22.1 Å². The van der Waals surface area contributed by atoms with Crippen molar-refractivity contribution in [2.24, 2.45) is 0 Å². The van der Waals surface area contributed by atoms with Crippen LogP contribution < -0.4 is 9.47 Å². The zero-order valence-corrected chi connectivity index (χ0v) is 20.0. The van der Waals surface area contributed by atoms with E-state index in [1.165, 1.54) is 48.2 Å². The van der Waals surface area contributed by atoms with Gasteiger partial charge in [0.2, 0.25) is 0 Å². The summed E-state index contributed by atoms with van der Waals surface area (Å²) in [5.41, 5.74) is 0.628. The molecule has 4 rings (SSSR count). The van der Waals surface area contributed by atoms with Gasteiger partial charge in [-0.3, -0.25) is 0 Å². The topological polar surface area (TPSA) is 95.0 Å². The lowest BCUT2D eigenvalue weighted by molar-refractivity contribution is -0.198. The molecule has 3 aromatic rings. The van der Waals surface area contributed by atoms with Crippen LogP contribution in [0.4, 0.5) is 13.2 Å². The molecule has 0 saturated carbocycles. The van der Waals surface area contributed by atoms with Gasteiger partial charge in [-0.25, -0.2) is 14.6 Å². The van der Waals surface area contributed by atoms with Gasteiger partial charge in [0.25, 0.3) is 0 Å². The molecule has 0 spiro atoms. The molecule has 2 heterocycles. The molecule has 184 valence electrons. The minimum Gasteiger partial charge on any atom is -0.475 e. The van der Waals surface area contributed by atoms with Gasteiger partial charge in [0.1, 0.15) is 5.01 Å².